The molecule has 2 aromatic rings. The molecule has 2 aliphatic rings. The number of carbonyl (C=O) groups excluding carboxylic acids is 2. The molecule has 0 saturated heterocycles. The molecule has 3 heterocycles. The number of thioether (sulfide) groups is 1. The zero-order valence-electron chi connectivity index (χ0n) is 15.0. The van der Waals surface area contributed by atoms with E-state index in [0.29, 0.717) is 22.7 Å². The summed E-state index contributed by atoms with van der Waals surface area (Å²) in [6, 6.07) is 3.23. The molecule has 1 N–H and O–H groups in total. The third kappa shape index (κ3) is 3.78. The van der Waals surface area contributed by atoms with Crippen LogP contribution in [0.3, 0.4) is 0 Å². The lowest BCUT2D eigenvalue weighted by atomic mass is 10.1. The fourth-order valence-corrected chi connectivity index (χ4v) is 4.00. The molecular formula is C18H20N4O4S. The molecule has 2 aliphatic heterocycles. The molecule has 0 fully saturated rings. The van der Waals surface area contributed by atoms with Crippen molar-refractivity contribution in [3.63, 3.8) is 0 Å². The van der Waals surface area contributed by atoms with Gasteiger partial charge in [0.15, 0.2) is 22.4 Å². The highest BCUT2D eigenvalue weighted by atomic mass is 32.2. The van der Waals surface area contributed by atoms with Crippen molar-refractivity contribution in [2.45, 2.75) is 44.3 Å². The molecule has 0 bridgehead atoms. The van der Waals surface area contributed by atoms with Gasteiger partial charge < -0.3 is 19.4 Å². The van der Waals surface area contributed by atoms with Crippen LogP contribution in [0.4, 0.5) is 5.69 Å². The van der Waals surface area contributed by atoms with Crippen molar-refractivity contribution in [3.05, 3.63) is 23.5 Å². The summed E-state index contributed by atoms with van der Waals surface area (Å²) in [7, 11) is 0. The van der Waals surface area contributed by atoms with Crippen molar-refractivity contribution in [2.24, 2.45) is 0 Å². The molecule has 142 valence electrons. The molecule has 1 amide bonds. The lowest BCUT2D eigenvalue weighted by molar-refractivity contribution is -0.113. The van der Waals surface area contributed by atoms with Gasteiger partial charge in [-0.3, -0.25) is 9.59 Å². The van der Waals surface area contributed by atoms with Crippen molar-refractivity contribution in [1.29, 1.82) is 0 Å². The average Bonchev–Trinajstić information content (AvgIpc) is 3.18. The second kappa shape index (κ2) is 7.59. The normalized spacial score (nSPS) is 15.1. The number of hydrogen-bond acceptors (Lipinski definition) is 7. The summed E-state index contributed by atoms with van der Waals surface area (Å²) in [5.41, 5.74) is 0.825. The van der Waals surface area contributed by atoms with E-state index in [4.69, 9.17) is 9.47 Å². The number of rotatable bonds is 5. The predicted octanol–water partition coefficient (Wildman–Crippen LogP) is 2.67. The molecule has 4 rings (SSSR count). The Balaban J connectivity index is 1.45. The van der Waals surface area contributed by atoms with Crippen LogP contribution in [0.2, 0.25) is 0 Å². The van der Waals surface area contributed by atoms with Gasteiger partial charge in [-0.2, -0.15) is 0 Å². The van der Waals surface area contributed by atoms with Gasteiger partial charge in [0.1, 0.15) is 5.82 Å². The van der Waals surface area contributed by atoms with Crippen molar-refractivity contribution < 1.29 is 19.1 Å². The first kappa shape index (κ1) is 17.8. The number of ether oxygens (including phenoxy) is 2. The highest BCUT2D eigenvalue weighted by molar-refractivity contribution is 7.99. The molecule has 8 nitrogen and oxygen atoms in total. The minimum atomic E-state index is -0.215. The number of aromatic nitrogens is 3. The maximum atomic E-state index is 12.4. The Morgan fingerprint density at radius 3 is 2.81 bits per heavy atom. The van der Waals surface area contributed by atoms with Gasteiger partial charge in [-0.1, -0.05) is 18.2 Å². The summed E-state index contributed by atoms with van der Waals surface area (Å²) < 4.78 is 12.7. The average molecular weight is 388 g/mol. The number of nitrogens with one attached hydrogen (secondary N) is 1. The quantitative estimate of drug-likeness (QED) is 0.621. The van der Waals surface area contributed by atoms with E-state index in [1.807, 2.05) is 0 Å². The first-order valence-corrected chi connectivity index (χ1v) is 9.89. The summed E-state index contributed by atoms with van der Waals surface area (Å²) in [5, 5.41) is 12.0. The second-order valence-electron chi connectivity index (χ2n) is 6.51. The number of hydrogen-bond donors (Lipinski definition) is 1. The highest BCUT2D eigenvalue weighted by Gasteiger charge is 2.21. The van der Waals surface area contributed by atoms with Crippen LogP contribution in [0.5, 0.6) is 11.5 Å². The van der Waals surface area contributed by atoms with E-state index in [9.17, 15) is 9.59 Å². The fourth-order valence-electron chi connectivity index (χ4n) is 3.22. The predicted molar refractivity (Wildman–Crippen MR) is 99.5 cm³/mol. The topological polar surface area (TPSA) is 95.3 Å². The van der Waals surface area contributed by atoms with Gasteiger partial charge in [-0.25, -0.2) is 0 Å². The van der Waals surface area contributed by atoms with E-state index in [1.165, 1.54) is 25.1 Å². The number of fused-ring (bicyclic) bond motifs is 2. The molecule has 0 spiro atoms. The number of ketones is 1. The lowest BCUT2D eigenvalue weighted by Crippen LogP contribution is -2.16. The number of anilines is 1. The zero-order valence-corrected chi connectivity index (χ0v) is 15.8. The molecule has 0 aliphatic carbocycles. The van der Waals surface area contributed by atoms with Gasteiger partial charge in [-0.15, -0.1) is 10.2 Å². The zero-order chi connectivity index (χ0) is 18.8. The Kier molecular flexibility index (Phi) is 5.02. The number of amides is 1. The van der Waals surface area contributed by atoms with E-state index in [1.54, 1.807) is 12.1 Å². The summed E-state index contributed by atoms with van der Waals surface area (Å²) in [6.07, 6.45) is 4.34. The fraction of sp³-hybridized carbons (Fsp3) is 0.444. The van der Waals surface area contributed by atoms with Crippen LogP contribution in [0.1, 0.15) is 42.4 Å². The van der Waals surface area contributed by atoms with Gasteiger partial charge >= 0.3 is 0 Å². The van der Waals surface area contributed by atoms with E-state index >= 15 is 0 Å². The minimum absolute atomic E-state index is 0.109. The van der Waals surface area contributed by atoms with Gasteiger partial charge in [0.25, 0.3) is 0 Å². The number of aryl methyl sites for hydroxylation is 1. The molecule has 0 atom stereocenters. The third-order valence-corrected chi connectivity index (χ3v) is 5.54. The lowest BCUT2D eigenvalue weighted by Gasteiger charge is -2.11. The summed E-state index contributed by atoms with van der Waals surface area (Å²) >= 11 is 1.35. The largest absolute Gasteiger partial charge is 0.454 e. The first-order chi connectivity index (χ1) is 13.1. The van der Waals surface area contributed by atoms with Crippen molar-refractivity contribution in [2.75, 3.05) is 17.9 Å². The first-order valence-electron chi connectivity index (χ1n) is 8.91. The Morgan fingerprint density at radius 1 is 1.19 bits per heavy atom. The molecule has 27 heavy (non-hydrogen) atoms. The van der Waals surface area contributed by atoms with Gasteiger partial charge in [0.2, 0.25) is 12.7 Å². The van der Waals surface area contributed by atoms with Gasteiger partial charge in [0, 0.05) is 24.6 Å². The van der Waals surface area contributed by atoms with Crippen molar-refractivity contribution in [3.8, 4) is 11.5 Å². The smallest absolute Gasteiger partial charge is 0.234 e. The number of benzene rings is 1. The van der Waals surface area contributed by atoms with Crippen LogP contribution in [-0.2, 0) is 17.8 Å². The van der Waals surface area contributed by atoms with E-state index in [-0.39, 0.29) is 24.2 Å². The van der Waals surface area contributed by atoms with Gasteiger partial charge in [0.05, 0.1) is 11.4 Å². The maximum absolute atomic E-state index is 12.4. The maximum Gasteiger partial charge on any atom is 0.234 e. The SMILES string of the molecule is CC(=O)c1cc2c(cc1NC(=O)CSc1nnc3n1CCCCC3)OCO2. The summed E-state index contributed by atoms with van der Waals surface area (Å²) in [5.74, 6) is 1.84. The number of nitrogens with zero attached hydrogens (tertiary/aromatic N) is 3. The Bertz CT molecular complexity index is 896. The van der Waals surface area contributed by atoms with Crippen LogP contribution in [0.15, 0.2) is 17.3 Å². The Hall–Kier alpha value is -2.55. The Morgan fingerprint density at radius 2 is 2.00 bits per heavy atom. The summed E-state index contributed by atoms with van der Waals surface area (Å²) in [6.45, 7) is 2.45. The van der Waals surface area contributed by atoms with Crippen molar-refractivity contribution >= 4 is 29.1 Å². The van der Waals surface area contributed by atoms with Crippen LogP contribution in [-0.4, -0.2) is 39.0 Å². The van der Waals surface area contributed by atoms with Crippen molar-refractivity contribution in [1.82, 2.24) is 14.8 Å². The molecule has 0 unspecified atom stereocenters. The van der Waals surface area contributed by atoms with Crippen LogP contribution in [0, 0.1) is 0 Å². The summed E-state index contributed by atoms with van der Waals surface area (Å²) in [4.78, 5) is 24.4. The highest BCUT2D eigenvalue weighted by Crippen LogP contribution is 2.37. The van der Waals surface area contributed by atoms with E-state index in [0.717, 1.165) is 36.8 Å². The Labute approximate surface area is 160 Å². The van der Waals surface area contributed by atoms with Gasteiger partial charge in [-0.05, 0) is 25.8 Å². The molecule has 1 aromatic heterocycles. The third-order valence-electron chi connectivity index (χ3n) is 4.57. The standard InChI is InChI=1S/C18H20N4O4S/c1-11(23)12-7-14-15(26-10-25-14)8-13(12)19-17(24)9-27-18-21-20-16-5-3-2-4-6-22(16)18/h7-8H,2-6,9-10H2,1H3,(H,19,24). The van der Waals surface area contributed by atoms with Crippen LogP contribution in [0.25, 0.3) is 0 Å². The minimum Gasteiger partial charge on any atom is -0.454 e. The number of Topliss-reactive ketones (excluding diaryl/α,β-unsaturated/α-hetero) is 1. The monoisotopic (exact) mass is 388 g/mol. The molecule has 0 radical (unpaired) electrons. The molecule has 9 heteroatoms. The van der Waals surface area contributed by atoms with E-state index in [2.05, 4.69) is 20.1 Å². The van der Waals surface area contributed by atoms with Crippen LogP contribution < -0.4 is 14.8 Å². The van der Waals surface area contributed by atoms with Crippen LogP contribution >= 0.6 is 11.8 Å². The molecule has 1 aromatic carbocycles. The second-order valence-corrected chi connectivity index (χ2v) is 7.45. The molecular weight excluding hydrogens is 368 g/mol. The number of carbonyl (C=O) groups is 2. The molecule has 0 saturated carbocycles. The van der Waals surface area contributed by atoms with E-state index < -0.39 is 0 Å².